The standard InChI is InChI=1S/C30H35N5O5/c1-30(2,3)25(18-36)34-28(38)21-11-14-24(23(15-21)29(39)40)35(16-19-7-5-4-6-8-19)17-26(37)33-22-12-9-20(10-13-22)27(31)32/h4-15,25,36H,16-18H2,1-3H3,(H3,31,32)(H,33,37)(H,34,38)(H,39,40)/t25-/m1/s1. The van der Waals surface area contributed by atoms with E-state index in [1.807, 2.05) is 51.1 Å². The summed E-state index contributed by atoms with van der Waals surface area (Å²) in [6.45, 7) is 5.43. The third-order valence-electron chi connectivity index (χ3n) is 6.39. The minimum absolute atomic E-state index is 0.0875. The molecule has 1 atom stereocenters. The molecular formula is C30H35N5O5. The second-order valence-corrected chi connectivity index (χ2v) is 10.5. The van der Waals surface area contributed by atoms with E-state index in [9.17, 15) is 24.6 Å². The molecule has 0 aliphatic heterocycles. The highest BCUT2D eigenvalue weighted by molar-refractivity contribution is 6.02. The highest BCUT2D eigenvalue weighted by atomic mass is 16.4. The van der Waals surface area contributed by atoms with Gasteiger partial charge in [-0.25, -0.2) is 4.79 Å². The average molecular weight is 546 g/mol. The Morgan fingerprint density at radius 3 is 2.15 bits per heavy atom. The van der Waals surface area contributed by atoms with Crippen LogP contribution in [-0.2, 0) is 11.3 Å². The highest BCUT2D eigenvalue weighted by Gasteiger charge is 2.27. The van der Waals surface area contributed by atoms with E-state index in [0.29, 0.717) is 11.3 Å². The van der Waals surface area contributed by atoms with Gasteiger partial charge in [0.2, 0.25) is 5.91 Å². The summed E-state index contributed by atoms with van der Waals surface area (Å²) in [6, 6.07) is 19.6. The second-order valence-electron chi connectivity index (χ2n) is 10.5. The predicted molar refractivity (Wildman–Crippen MR) is 155 cm³/mol. The first-order chi connectivity index (χ1) is 18.9. The van der Waals surface area contributed by atoms with Crippen LogP contribution in [0.1, 0.15) is 52.6 Å². The van der Waals surface area contributed by atoms with Crippen LogP contribution in [0, 0.1) is 10.8 Å². The molecule has 7 N–H and O–H groups in total. The number of benzene rings is 3. The van der Waals surface area contributed by atoms with Crippen molar-refractivity contribution in [3.63, 3.8) is 0 Å². The predicted octanol–water partition coefficient (Wildman–Crippen LogP) is 3.45. The minimum Gasteiger partial charge on any atom is -0.478 e. The number of hydrogen-bond donors (Lipinski definition) is 6. The van der Waals surface area contributed by atoms with Crippen LogP contribution in [0.3, 0.4) is 0 Å². The van der Waals surface area contributed by atoms with Crippen molar-refractivity contribution in [3.05, 3.63) is 95.1 Å². The van der Waals surface area contributed by atoms with Crippen molar-refractivity contribution in [1.29, 1.82) is 5.41 Å². The van der Waals surface area contributed by atoms with Gasteiger partial charge in [-0.1, -0.05) is 51.1 Å². The van der Waals surface area contributed by atoms with E-state index in [1.165, 1.54) is 18.2 Å². The smallest absolute Gasteiger partial charge is 0.337 e. The number of nitrogens with two attached hydrogens (primary N) is 1. The maximum Gasteiger partial charge on any atom is 0.337 e. The lowest BCUT2D eigenvalue weighted by Gasteiger charge is -2.30. The summed E-state index contributed by atoms with van der Waals surface area (Å²) in [4.78, 5) is 40.0. The van der Waals surface area contributed by atoms with Gasteiger partial charge < -0.3 is 31.5 Å². The van der Waals surface area contributed by atoms with Gasteiger partial charge in [0, 0.05) is 23.4 Å². The number of nitrogens with zero attached hydrogens (tertiary/aromatic N) is 1. The van der Waals surface area contributed by atoms with E-state index in [0.717, 1.165) is 5.56 Å². The molecule has 0 unspecified atom stereocenters. The Labute approximate surface area is 233 Å². The van der Waals surface area contributed by atoms with E-state index in [4.69, 9.17) is 11.1 Å². The van der Waals surface area contributed by atoms with Gasteiger partial charge in [-0.15, -0.1) is 0 Å². The number of carbonyl (C=O) groups excluding carboxylic acids is 2. The summed E-state index contributed by atoms with van der Waals surface area (Å²) in [5.41, 5.74) is 7.21. The molecular weight excluding hydrogens is 510 g/mol. The van der Waals surface area contributed by atoms with Crippen LogP contribution in [0.15, 0.2) is 72.8 Å². The highest BCUT2D eigenvalue weighted by Crippen LogP contribution is 2.26. The molecule has 3 rings (SSSR count). The molecule has 0 fully saturated rings. The summed E-state index contributed by atoms with van der Waals surface area (Å²) in [6.07, 6.45) is 0. The average Bonchev–Trinajstić information content (AvgIpc) is 2.91. The number of aromatic carboxylic acids is 1. The first-order valence-corrected chi connectivity index (χ1v) is 12.7. The van der Waals surface area contributed by atoms with Crippen molar-refractivity contribution in [2.75, 3.05) is 23.4 Å². The summed E-state index contributed by atoms with van der Waals surface area (Å²) in [5.74, 6) is -2.24. The molecule has 0 heterocycles. The zero-order valence-electron chi connectivity index (χ0n) is 22.8. The van der Waals surface area contributed by atoms with Crippen molar-refractivity contribution >= 4 is 35.0 Å². The maximum absolute atomic E-state index is 13.1. The SMILES string of the molecule is CC(C)(C)[C@@H](CO)NC(=O)c1ccc(N(CC(=O)Nc2ccc(C(=N)N)cc2)Cc2ccccc2)c(C(=O)O)c1. The van der Waals surface area contributed by atoms with Crippen LogP contribution in [0.5, 0.6) is 0 Å². The van der Waals surface area contributed by atoms with E-state index in [-0.39, 0.29) is 48.3 Å². The first kappa shape index (κ1) is 29.9. The Hall–Kier alpha value is -4.70. The van der Waals surface area contributed by atoms with Gasteiger partial charge in [0.25, 0.3) is 5.91 Å². The largest absolute Gasteiger partial charge is 0.478 e. The zero-order chi connectivity index (χ0) is 29.4. The summed E-state index contributed by atoms with van der Waals surface area (Å²) in [5, 5.41) is 32.8. The van der Waals surface area contributed by atoms with E-state index in [1.54, 1.807) is 29.2 Å². The number of amides is 2. The number of aliphatic hydroxyl groups excluding tert-OH is 1. The minimum atomic E-state index is -1.25. The zero-order valence-corrected chi connectivity index (χ0v) is 22.8. The lowest BCUT2D eigenvalue weighted by molar-refractivity contribution is -0.115. The quantitative estimate of drug-likeness (QED) is 0.158. The molecule has 0 aromatic heterocycles. The molecule has 3 aromatic carbocycles. The molecule has 0 saturated carbocycles. The maximum atomic E-state index is 13.1. The Bertz CT molecular complexity index is 1370. The van der Waals surface area contributed by atoms with E-state index in [2.05, 4.69) is 10.6 Å². The number of carboxylic acid groups (broad SMARTS) is 1. The second kappa shape index (κ2) is 12.9. The van der Waals surface area contributed by atoms with Crippen LogP contribution in [0.25, 0.3) is 0 Å². The number of carboxylic acids is 1. The molecule has 0 aliphatic carbocycles. The van der Waals surface area contributed by atoms with Crippen LogP contribution in [0.4, 0.5) is 11.4 Å². The number of nitrogens with one attached hydrogen (secondary N) is 3. The van der Waals surface area contributed by atoms with Crippen molar-refractivity contribution in [2.45, 2.75) is 33.4 Å². The van der Waals surface area contributed by atoms with Gasteiger partial charge in [0.05, 0.1) is 30.4 Å². The number of carbonyl (C=O) groups is 3. The molecule has 0 bridgehead atoms. The Balaban J connectivity index is 1.91. The lowest BCUT2D eigenvalue weighted by Crippen LogP contribution is -2.46. The van der Waals surface area contributed by atoms with Gasteiger partial charge in [-0.2, -0.15) is 0 Å². The lowest BCUT2D eigenvalue weighted by atomic mass is 9.87. The van der Waals surface area contributed by atoms with Gasteiger partial charge in [-0.05, 0) is 53.4 Å². The van der Waals surface area contributed by atoms with E-state index >= 15 is 0 Å². The molecule has 2 amide bonds. The number of rotatable bonds is 11. The first-order valence-electron chi connectivity index (χ1n) is 12.7. The molecule has 3 aromatic rings. The molecule has 40 heavy (non-hydrogen) atoms. The Kier molecular flexibility index (Phi) is 9.63. The monoisotopic (exact) mass is 545 g/mol. The van der Waals surface area contributed by atoms with Gasteiger partial charge in [-0.3, -0.25) is 15.0 Å². The molecule has 0 aliphatic rings. The van der Waals surface area contributed by atoms with Crippen molar-refractivity contribution in [3.8, 4) is 0 Å². The fourth-order valence-electron chi connectivity index (χ4n) is 4.04. The molecule has 210 valence electrons. The number of aliphatic hydroxyl groups is 1. The van der Waals surface area contributed by atoms with Gasteiger partial charge in [0.1, 0.15) is 5.84 Å². The molecule has 10 nitrogen and oxygen atoms in total. The third-order valence-corrected chi connectivity index (χ3v) is 6.39. The van der Waals surface area contributed by atoms with Gasteiger partial charge in [0.15, 0.2) is 0 Å². The van der Waals surface area contributed by atoms with Crippen LogP contribution >= 0.6 is 0 Å². The third kappa shape index (κ3) is 7.90. The van der Waals surface area contributed by atoms with Gasteiger partial charge >= 0.3 is 5.97 Å². The number of hydrogen-bond acceptors (Lipinski definition) is 6. The number of nitrogen functional groups attached to an aromatic ring is 1. The molecule has 0 saturated heterocycles. The topological polar surface area (TPSA) is 169 Å². The van der Waals surface area contributed by atoms with Crippen LogP contribution in [0.2, 0.25) is 0 Å². The normalized spacial score (nSPS) is 11.8. The molecule has 0 radical (unpaired) electrons. The van der Waals surface area contributed by atoms with Crippen LogP contribution < -0.4 is 21.3 Å². The van der Waals surface area contributed by atoms with E-state index < -0.39 is 23.3 Å². The fourth-order valence-corrected chi connectivity index (χ4v) is 4.04. The number of anilines is 2. The summed E-state index contributed by atoms with van der Waals surface area (Å²) in [7, 11) is 0. The fraction of sp³-hybridized carbons (Fsp3) is 0.267. The Morgan fingerprint density at radius 2 is 1.60 bits per heavy atom. The van der Waals surface area contributed by atoms with Crippen molar-refractivity contribution in [2.24, 2.45) is 11.1 Å². The summed E-state index contributed by atoms with van der Waals surface area (Å²) >= 11 is 0. The van der Waals surface area contributed by atoms with Crippen LogP contribution in [-0.4, -0.2) is 53.0 Å². The molecule has 10 heteroatoms. The number of amidine groups is 1. The summed E-state index contributed by atoms with van der Waals surface area (Å²) < 4.78 is 0. The van der Waals surface area contributed by atoms with Crippen molar-refractivity contribution in [1.82, 2.24) is 5.32 Å². The van der Waals surface area contributed by atoms with Crippen molar-refractivity contribution < 1.29 is 24.6 Å². The molecule has 0 spiro atoms. The Morgan fingerprint density at radius 1 is 0.975 bits per heavy atom.